The predicted molar refractivity (Wildman–Crippen MR) is 120 cm³/mol. The van der Waals surface area contributed by atoms with Crippen molar-refractivity contribution < 1.29 is 29.3 Å². The number of rotatable bonds is 8. The number of para-hydroxylation sites is 1. The number of aliphatic hydroxyl groups excluding tert-OH is 1. The van der Waals surface area contributed by atoms with E-state index in [2.05, 4.69) is 0 Å². The van der Waals surface area contributed by atoms with E-state index in [0.717, 1.165) is 6.54 Å². The molecular formula is C24H28N2O6. The minimum Gasteiger partial charge on any atom is -0.507 e. The molecule has 8 heteroatoms. The number of likely N-dealkylation sites (tertiary alicyclic amines) is 1. The number of hydrogen-bond acceptors (Lipinski definition) is 7. The summed E-state index contributed by atoms with van der Waals surface area (Å²) in [5.74, 6) is -1.34. The minimum absolute atomic E-state index is 0.0389. The molecule has 1 heterocycles. The standard InChI is InChI=1S/C24H28N2O6/c1-25(2)12-7-13-26-21(17-8-5-6-9-19(17)32-4)20(23(29)24(26)30)22(28)16-11-10-15(31-3)14-18(16)27/h5-6,8-11,14,21,27-28H,7,12-13H2,1-4H3/t21-/m0/s1. The number of methoxy groups -OCH3 is 2. The number of carbonyl (C=O) groups excluding carboxylic acids is 2. The second-order valence-electron chi connectivity index (χ2n) is 7.77. The summed E-state index contributed by atoms with van der Waals surface area (Å²) in [6, 6.07) is 10.5. The number of Topliss-reactive ketones (excluding diaryl/α,β-unsaturated/α-hetero) is 1. The van der Waals surface area contributed by atoms with Crippen LogP contribution in [0.4, 0.5) is 0 Å². The fourth-order valence-corrected chi connectivity index (χ4v) is 3.87. The number of carbonyl (C=O) groups is 2. The normalized spacial score (nSPS) is 17.8. The molecule has 32 heavy (non-hydrogen) atoms. The largest absolute Gasteiger partial charge is 0.507 e. The molecule has 0 bridgehead atoms. The molecule has 0 radical (unpaired) electrons. The van der Waals surface area contributed by atoms with Crippen molar-refractivity contribution in [2.45, 2.75) is 12.5 Å². The highest BCUT2D eigenvalue weighted by Crippen LogP contribution is 2.43. The van der Waals surface area contributed by atoms with Gasteiger partial charge in [0.05, 0.1) is 31.4 Å². The third kappa shape index (κ3) is 4.40. The van der Waals surface area contributed by atoms with Crippen molar-refractivity contribution in [2.75, 3.05) is 41.4 Å². The van der Waals surface area contributed by atoms with E-state index in [0.29, 0.717) is 30.0 Å². The molecule has 0 aliphatic carbocycles. The van der Waals surface area contributed by atoms with Crippen LogP contribution in [0.15, 0.2) is 48.0 Å². The molecule has 2 aromatic carbocycles. The number of hydrogen-bond donors (Lipinski definition) is 2. The van der Waals surface area contributed by atoms with E-state index in [1.165, 1.54) is 31.3 Å². The first-order valence-electron chi connectivity index (χ1n) is 10.2. The minimum atomic E-state index is -0.852. The maximum absolute atomic E-state index is 13.1. The van der Waals surface area contributed by atoms with Crippen molar-refractivity contribution in [3.8, 4) is 17.2 Å². The lowest BCUT2D eigenvalue weighted by atomic mass is 9.94. The number of nitrogens with zero attached hydrogens (tertiary/aromatic N) is 2. The number of phenolic OH excluding ortho intramolecular Hbond substituents is 1. The Balaban J connectivity index is 2.16. The molecule has 170 valence electrons. The highest BCUT2D eigenvalue weighted by Gasteiger charge is 2.47. The van der Waals surface area contributed by atoms with Gasteiger partial charge in [-0.1, -0.05) is 18.2 Å². The molecule has 8 nitrogen and oxygen atoms in total. The monoisotopic (exact) mass is 440 g/mol. The molecule has 1 fully saturated rings. The molecule has 3 rings (SSSR count). The van der Waals surface area contributed by atoms with Gasteiger partial charge in [0.25, 0.3) is 11.7 Å². The number of aromatic hydroxyl groups is 1. The van der Waals surface area contributed by atoms with E-state index in [9.17, 15) is 19.8 Å². The predicted octanol–water partition coefficient (Wildman–Crippen LogP) is 2.78. The first-order valence-corrected chi connectivity index (χ1v) is 10.2. The van der Waals surface area contributed by atoms with E-state index in [4.69, 9.17) is 9.47 Å². The summed E-state index contributed by atoms with van der Waals surface area (Å²) >= 11 is 0. The van der Waals surface area contributed by atoms with Crippen LogP contribution in [0.3, 0.4) is 0 Å². The summed E-state index contributed by atoms with van der Waals surface area (Å²) in [6.07, 6.45) is 0.638. The lowest BCUT2D eigenvalue weighted by Crippen LogP contribution is -2.32. The molecular weight excluding hydrogens is 412 g/mol. The summed E-state index contributed by atoms with van der Waals surface area (Å²) in [4.78, 5) is 29.5. The maximum atomic E-state index is 13.1. The van der Waals surface area contributed by atoms with E-state index >= 15 is 0 Å². The Bertz CT molecular complexity index is 1050. The lowest BCUT2D eigenvalue weighted by Gasteiger charge is -2.27. The summed E-state index contributed by atoms with van der Waals surface area (Å²) in [5, 5.41) is 21.5. The van der Waals surface area contributed by atoms with Gasteiger partial charge in [-0.2, -0.15) is 0 Å². The molecule has 0 unspecified atom stereocenters. The van der Waals surface area contributed by atoms with Gasteiger partial charge >= 0.3 is 0 Å². The van der Waals surface area contributed by atoms with Crippen molar-refractivity contribution >= 4 is 17.4 Å². The van der Waals surface area contributed by atoms with Crippen LogP contribution in [0.2, 0.25) is 0 Å². The number of ether oxygens (including phenoxy) is 2. The molecule has 1 aliphatic rings. The van der Waals surface area contributed by atoms with Gasteiger partial charge in [0.2, 0.25) is 0 Å². The topological polar surface area (TPSA) is 99.5 Å². The molecule has 2 N–H and O–H groups in total. The number of ketones is 1. The Kier molecular flexibility index (Phi) is 7.05. The zero-order valence-electron chi connectivity index (χ0n) is 18.7. The van der Waals surface area contributed by atoms with Crippen LogP contribution in [0.5, 0.6) is 17.2 Å². The third-order valence-electron chi connectivity index (χ3n) is 5.44. The van der Waals surface area contributed by atoms with Crippen molar-refractivity contribution in [3.63, 3.8) is 0 Å². The highest BCUT2D eigenvalue weighted by atomic mass is 16.5. The fourth-order valence-electron chi connectivity index (χ4n) is 3.87. The zero-order chi connectivity index (χ0) is 23.4. The average molecular weight is 440 g/mol. The molecule has 1 saturated heterocycles. The Hall–Kier alpha value is -3.52. The molecule has 1 atom stereocenters. The number of amides is 1. The maximum Gasteiger partial charge on any atom is 0.295 e. The Morgan fingerprint density at radius 3 is 2.44 bits per heavy atom. The second-order valence-corrected chi connectivity index (χ2v) is 7.77. The van der Waals surface area contributed by atoms with Crippen molar-refractivity contribution in [1.82, 2.24) is 9.80 Å². The van der Waals surface area contributed by atoms with Crippen LogP contribution < -0.4 is 9.47 Å². The lowest BCUT2D eigenvalue weighted by molar-refractivity contribution is -0.140. The van der Waals surface area contributed by atoms with Gasteiger partial charge in [-0.3, -0.25) is 9.59 Å². The van der Waals surface area contributed by atoms with Crippen LogP contribution in [-0.4, -0.2) is 73.1 Å². The van der Waals surface area contributed by atoms with Gasteiger partial charge in [0.1, 0.15) is 23.0 Å². The van der Waals surface area contributed by atoms with E-state index in [-0.39, 0.29) is 16.9 Å². The Morgan fingerprint density at radius 2 is 1.81 bits per heavy atom. The summed E-state index contributed by atoms with van der Waals surface area (Å²) in [6.45, 7) is 1.04. The number of phenols is 1. The van der Waals surface area contributed by atoms with Gasteiger partial charge in [-0.15, -0.1) is 0 Å². The summed E-state index contributed by atoms with van der Waals surface area (Å²) < 4.78 is 10.6. The van der Waals surface area contributed by atoms with E-state index in [1.54, 1.807) is 30.3 Å². The van der Waals surface area contributed by atoms with Gasteiger partial charge in [-0.05, 0) is 45.3 Å². The zero-order valence-corrected chi connectivity index (χ0v) is 18.7. The van der Waals surface area contributed by atoms with E-state index < -0.39 is 23.5 Å². The van der Waals surface area contributed by atoms with Gasteiger partial charge in [0.15, 0.2) is 0 Å². The molecule has 0 aromatic heterocycles. The molecule has 2 aromatic rings. The van der Waals surface area contributed by atoms with E-state index in [1.807, 2.05) is 19.0 Å². The third-order valence-corrected chi connectivity index (χ3v) is 5.44. The van der Waals surface area contributed by atoms with Gasteiger partial charge in [-0.25, -0.2) is 0 Å². The second kappa shape index (κ2) is 9.74. The molecule has 1 amide bonds. The van der Waals surface area contributed by atoms with Crippen LogP contribution in [0, 0.1) is 0 Å². The quantitative estimate of drug-likeness (QED) is 0.370. The van der Waals surface area contributed by atoms with Crippen LogP contribution >= 0.6 is 0 Å². The molecule has 0 spiro atoms. The van der Waals surface area contributed by atoms with Crippen LogP contribution in [-0.2, 0) is 9.59 Å². The van der Waals surface area contributed by atoms with Crippen molar-refractivity contribution in [3.05, 3.63) is 59.2 Å². The Morgan fingerprint density at radius 1 is 1.09 bits per heavy atom. The van der Waals surface area contributed by atoms with Crippen molar-refractivity contribution in [1.29, 1.82) is 0 Å². The highest BCUT2D eigenvalue weighted by molar-refractivity contribution is 6.46. The average Bonchev–Trinajstić information content (AvgIpc) is 3.03. The van der Waals surface area contributed by atoms with Gasteiger partial charge in [0, 0.05) is 18.2 Å². The Labute approximate surface area is 187 Å². The summed E-state index contributed by atoms with van der Waals surface area (Å²) in [7, 11) is 6.82. The smallest absolute Gasteiger partial charge is 0.295 e. The molecule has 1 aliphatic heterocycles. The van der Waals surface area contributed by atoms with Crippen LogP contribution in [0.25, 0.3) is 5.76 Å². The van der Waals surface area contributed by atoms with Gasteiger partial charge < -0.3 is 29.5 Å². The van der Waals surface area contributed by atoms with Crippen LogP contribution in [0.1, 0.15) is 23.6 Å². The first-order chi connectivity index (χ1) is 15.3. The van der Waals surface area contributed by atoms with Crippen molar-refractivity contribution in [2.24, 2.45) is 0 Å². The number of aliphatic hydroxyl groups is 1. The SMILES string of the molecule is COc1ccc(C(O)=C2C(=O)C(=O)N(CCCN(C)C)[C@H]2c2ccccc2OC)c(O)c1. The number of benzene rings is 2. The molecule has 0 saturated carbocycles. The first kappa shape index (κ1) is 23.1. The fraction of sp³-hybridized carbons (Fsp3) is 0.333. The summed E-state index contributed by atoms with van der Waals surface area (Å²) in [5.41, 5.74) is 0.524.